The molecule has 0 aromatic carbocycles. The average Bonchev–Trinajstić information content (AvgIpc) is 3.16. The summed E-state index contributed by atoms with van der Waals surface area (Å²) in [7, 11) is 1.95. The number of nitrogens with zero attached hydrogens (tertiary/aromatic N) is 5. The van der Waals surface area contributed by atoms with E-state index in [1.54, 1.807) is 6.20 Å². The van der Waals surface area contributed by atoms with E-state index >= 15 is 0 Å². The van der Waals surface area contributed by atoms with Crippen molar-refractivity contribution in [2.75, 3.05) is 11.9 Å². The lowest BCUT2D eigenvalue weighted by atomic mass is 10.1. The summed E-state index contributed by atoms with van der Waals surface area (Å²) in [5.74, 6) is 3.34. The maximum Gasteiger partial charge on any atom is 0.259 e. The zero-order chi connectivity index (χ0) is 17.1. The molecule has 0 spiro atoms. The third-order valence-corrected chi connectivity index (χ3v) is 3.51. The summed E-state index contributed by atoms with van der Waals surface area (Å²) < 4.78 is 10.5. The van der Waals surface area contributed by atoms with Crippen molar-refractivity contribution in [3.05, 3.63) is 41.7 Å². The van der Waals surface area contributed by atoms with Crippen LogP contribution in [0.5, 0.6) is 0 Å². The maximum atomic E-state index is 5.31. The van der Waals surface area contributed by atoms with Crippen LogP contribution in [-0.4, -0.2) is 27.3 Å². The number of hydrogen-bond donors (Lipinski definition) is 0. The summed E-state index contributed by atoms with van der Waals surface area (Å²) in [6, 6.07) is 5.77. The predicted octanol–water partition coefficient (Wildman–Crippen LogP) is 3.26. The highest BCUT2D eigenvalue weighted by atomic mass is 16.5. The largest absolute Gasteiger partial charge is 0.359 e. The van der Waals surface area contributed by atoms with Gasteiger partial charge in [0, 0.05) is 25.7 Å². The molecule has 24 heavy (non-hydrogen) atoms. The lowest BCUT2D eigenvalue weighted by molar-refractivity contribution is 0.379. The molecule has 0 unspecified atom stereocenters. The van der Waals surface area contributed by atoms with Gasteiger partial charge in [-0.15, -0.1) is 0 Å². The molecule has 0 radical (unpaired) electrons. The minimum atomic E-state index is 0.490. The molecule has 0 saturated heterocycles. The molecule has 126 valence electrons. The highest BCUT2D eigenvalue weighted by molar-refractivity contribution is 5.54. The molecule has 3 aromatic rings. The fraction of sp³-hybridized carbons (Fsp3) is 0.412. The molecule has 0 aliphatic rings. The van der Waals surface area contributed by atoms with Crippen LogP contribution >= 0.6 is 0 Å². The zero-order valence-corrected chi connectivity index (χ0v) is 14.4. The van der Waals surface area contributed by atoms with Crippen molar-refractivity contribution in [2.45, 2.75) is 33.7 Å². The molecule has 0 atom stereocenters. The fourth-order valence-electron chi connectivity index (χ4n) is 2.36. The van der Waals surface area contributed by atoms with Crippen LogP contribution in [0.1, 0.15) is 31.1 Å². The number of rotatable bonds is 6. The second-order valence-corrected chi connectivity index (χ2v) is 6.31. The topological polar surface area (TPSA) is 81.1 Å². The average molecular weight is 327 g/mol. The van der Waals surface area contributed by atoms with Crippen molar-refractivity contribution < 1.29 is 9.05 Å². The van der Waals surface area contributed by atoms with Crippen LogP contribution in [0.25, 0.3) is 11.5 Å². The van der Waals surface area contributed by atoms with Gasteiger partial charge in [0.2, 0.25) is 0 Å². The predicted molar refractivity (Wildman–Crippen MR) is 89.4 cm³/mol. The summed E-state index contributed by atoms with van der Waals surface area (Å²) in [6.07, 6.45) is 2.54. The Morgan fingerprint density at radius 1 is 1.17 bits per heavy atom. The Morgan fingerprint density at radius 3 is 2.62 bits per heavy atom. The van der Waals surface area contributed by atoms with E-state index in [9.17, 15) is 0 Å². The Kier molecular flexibility index (Phi) is 4.59. The van der Waals surface area contributed by atoms with Gasteiger partial charge in [0.05, 0.1) is 17.8 Å². The Bertz CT molecular complexity index is 791. The first-order chi connectivity index (χ1) is 11.5. The summed E-state index contributed by atoms with van der Waals surface area (Å²) in [6.45, 7) is 6.75. The Hall–Kier alpha value is -2.70. The van der Waals surface area contributed by atoms with E-state index in [-0.39, 0.29) is 0 Å². The molecule has 3 aromatic heterocycles. The monoisotopic (exact) mass is 327 g/mol. The smallest absolute Gasteiger partial charge is 0.259 e. The number of pyridine rings is 1. The van der Waals surface area contributed by atoms with E-state index in [0.717, 1.165) is 35.1 Å². The quantitative estimate of drug-likeness (QED) is 0.687. The van der Waals surface area contributed by atoms with Crippen LogP contribution in [-0.2, 0) is 13.0 Å². The van der Waals surface area contributed by atoms with E-state index in [0.29, 0.717) is 18.4 Å². The Morgan fingerprint density at radius 2 is 2.00 bits per heavy atom. The minimum absolute atomic E-state index is 0.490. The highest BCUT2D eigenvalue weighted by Crippen LogP contribution is 2.20. The molecule has 0 N–H and O–H groups in total. The van der Waals surface area contributed by atoms with Crippen molar-refractivity contribution in [3.63, 3.8) is 0 Å². The third-order valence-electron chi connectivity index (χ3n) is 3.51. The molecule has 0 aliphatic carbocycles. The zero-order valence-electron chi connectivity index (χ0n) is 14.4. The fourth-order valence-corrected chi connectivity index (χ4v) is 2.36. The van der Waals surface area contributed by atoms with E-state index in [1.807, 2.05) is 37.1 Å². The third kappa shape index (κ3) is 3.79. The van der Waals surface area contributed by atoms with Gasteiger partial charge in [0.1, 0.15) is 5.82 Å². The standard InChI is InChI=1S/C17H21N5O2/c1-11(2)7-15-19-17(24-21-15)13-5-6-16(18-9-13)22(4)10-14-8-12(3)20-23-14/h5-6,8-9,11H,7,10H2,1-4H3. The van der Waals surface area contributed by atoms with Crippen LogP contribution in [0.2, 0.25) is 0 Å². The van der Waals surface area contributed by atoms with Crippen molar-refractivity contribution in [1.82, 2.24) is 20.3 Å². The van der Waals surface area contributed by atoms with Gasteiger partial charge in [0.25, 0.3) is 5.89 Å². The first-order valence-electron chi connectivity index (χ1n) is 7.93. The Labute approximate surface area is 140 Å². The van der Waals surface area contributed by atoms with Gasteiger partial charge in [0.15, 0.2) is 11.6 Å². The molecule has 0 bridgehead atoms. The van der Waals surface area contributed by atoms with Crippen molar-refractivity contribution in [3.8, 4) is 11.5 Å². The van der Waals surface area contributed by atoms with Crippen LogP contribution in [0.3, 0.4) is 0 Å². The second kappa shape index (κ2) is 6.82. The SMILES string of the molecule is Cc1cc(CN(C)c2ccc(-c3nc(CC(C)C)no3)cn2)on1. The Balaban J connectivity index is 1.69. The van der Waals surface area contributed by atoms with Gasteiger partial charge >= 0.3 is 0 Å². The van der Waals surface area contributed by atoms with Gasteiger partial charge in [-0.1, -0.05) is 24.2 Å². The van der Waals surface area contributed by atoms with Crippen molar-refractivity contribution in [1.29, 1.82) is 0 Å². The van der Waals surface area contributed by atoms with Gasteiger partial charge < -0.3 is 13.9 Å². The number of aryl methyl sites for hydroxylation is 1. The summed E-state index contributed by atoms with van der Waals surface area (Å²) in [4.78, 5) is 10.9. The second-order valence-electron chi connectivity index (χ2n) is 6.31. The summed E-state index contributed by atoms with van der Waals surface area (Å²) >= 11 is 0. The molecule has 3 heterocycles. The van der Waals surface area contributed by atoms with E-state index in [2.05, 4.69) is 34.1 Å². The van der Waals surface area contributed by atoms with E-state index in [4.69, 9.17) is 9.05 Å². The first kappa shape index (κ1) is 16.2. The van der Waals surface area contributed by atoms with Gasteiger partial charge in [-0.3, -0.25) is 0 Å². The van der Waals surface area contributed by atoms with Crippen molar-refractivity contribution in [2.24, 2.45) is 5.92 Å². The van der Waals surface area contributed by atoms with Crippen LogP contribution in [0.15, 0.2) is 33.4 Å². The molecule has 0 fully saturated rings. The number of hydrogen-bond acceptors (Lipinski definition) is 7. The summed E-state index contributed by atoms with van der Waals surface area (Å²) in [5, 5.41) is 7.89. The molecular weight excluding hydrogens is 306 g/mol. The lowest BCUT2D eigenvalue weighted by Crippen LogP contribution is -2.17. The molecule has 3 rings (SSSR count). The van der Waals surface area contributed by atoms with Crippen molar-refractivity contribution >= 4 is 5.82 Å². The van der Waals surface area contributed by atoms with Gasteiger partial charge in [-0.2, -0.15) is 4.98 Å². The normalized spacial score (nSPS) is 11.2. The molecule has 7 heteroatoms. The molecular formula is C17H21N5O2. The highest BCUT2D eigenvalue weighted by Gasteiger charge is 2.12. The molecule has 0 amide bonds. The minimum Gasteiger partial charge on any atom is -0.359 e. The van der Waals surface area contributed by atoms with Crippen LogP contribution in [0.4, 0.5) is 5.82 Å². The number of anilines is 1. The molecule has 7 nitrogen and oxygen atoms in total. The maximum absolute atomic E-state index is 5.31. The van der Waals surface area contributed by atoms with E-state index < -0.39 is 0 Å². The van der Waals surface area contributed by atoms with Gasteiger partial charge in [-0.25, -0.2) is 4.98 Å². The lowest BCUT2D eigenvalue weighted by Gasteiger charge is -2.16. The van der Waals surface area contributed by atoms with E-state index in [1.165, 1.54) is 0 Å². The number of aromatic nitrogens is 4. The van der Waals surface area contributed by atoms with Crippen LogP contribution < -0.4 is 4.90 Å². The first-order valence-corrected chi connectivity index (χ1v) is 7.93. The van der Waals surface area contributed by atoms with Crippen LogP contribution in [0, 0.1) is 12.8 Å². The molecule has 0 saturated carbocycles. The molecule has 0 aliphatic heterocycles. The van der Waals surface area contributed by atoms with Gasteiger partial charge in [-0.05, 0) is 25.0 Å². The summed E-state index contributed by atoms with van der Waals surface area (Å²) in [5.41, 5.74) is 1.68.